The van der Waals surface area contributed by atoms with Crippen molar-refractivity contribution >= 4 is 0 Å². The highest BCUT2D eigenvalue weighted by Gasteiger charge is 2.54. The lowest BCUT2D eigenvalue weighted by atomic mass is 9.55. The van der Waals surface area contributed by atoms with Crippen LogP contribution in [0.1, 0.15) is 56.1 Å². The SMILES string of the molecule is COC1CCC2C3CCc4cc(O)ccc4C3CCC12C. The Morgan fingerprint density at radius 2 is 2.05 bits per heavy atom. The lowest BCUT2D eigenvalue weighted by molar-refractivity contribution is -0.0444. The summed E-state index contributed by atoms with van der Waals surface area (Å²) in [5.74, 6) is 2.78. The van der Waals surface area contributed by atoms with Gasteiger partial charge in [0, 0.05) is 7.11 Å². The molecular weight excluding hydrogens is 260 g/mol. The van der Waals surface area contributed by atoms with E-state index in [-0.39, 0.29) is 0 Å². The highest BCUT2D eigenvalue weighted by molar-refractivity contribution is 5.40. The highest BCUT2D eigenvalue weighted by Crippen LogP contribution is 2.61. The minimum Gasteiger partial charge on any atom is -0.508 e. The van der Waals surface area contributed by atoms with Gasteiger partial charge in [-0.05, 0) is 85.0 Å². The average molecular weight is 286 g/mol. The van der Waals surface area contributed by atoms with Crippen molar-refractivity contribution in [3.63, 3.8) is 0 Å². The Morgan fingerprint density at radius 1 is 1.19 bits per heavy atom. The molecule has 0 radical (unpaired) electrons. The van der Waals surface area contributed by atoms with Gasteiger partial charge in [-0.3, -0.25) is 0 Å². The van der Waals surface area contributed by atoms with Crippen molar-refractivity contribution in [3.05, 3.63) is 29.3 Å². The van der Waals surface area contributed by atoms with Crippen LogP contribution in [-0.4, -0.2) is 18.3 Å². The van der Waals surface area contributed by atoms with Crippen LogP contribution >= 0.6 is 0 Å². The van der Waals surface area contributed by atoms with E-state index < -0.39 is 0 Å². The molecule has 0 heterocycles. The first-order valence-electron chi connectivity index (χ1n) is 8.48. The molecule has 3 aliphatic rings. The Bertz CT molecular complexity index is 552. The third kappa shape index (κ3) is 1.88. The average Bonchev–Trinajstić information content (AvgIpc) is 2.83. The van der Waals surface area contributed by atoms with Crippen LogP contribution in [0.2, 0.25) is 0 Å². The molecule has 3 aliphatic carbocycles. The van der Waals surface area contributed by atoms with Gasteiger partial charge in [-0.25, -0.2) is 0 Å². The van der Waals surface area contributed by atoms with Gasteiger partial charge < -0.3 is 9.84 Å². The van der Waals surface area contributed by atoms with Crippen LogP contribution in [0.15, 0.2) is 18.2 Å². The number of rotatable bonds is 1. The summed E-state index contributed by atoms with van der Waals surface area (Å²) in [5, 5.41) is 9.73. The van der Waals surface area contributed by atoms with E-state index in [2.05, 4.69) is 13.0 Å². The Morgan fingerprint density at radius 3 is 2.86 bits per heavy atom. The Hall–Kier alpha value is -1.02. The molecule has 5 unspecified atom stereocenters. The molecule has 1 aromatic carbocycles. The maximum absolute atomic E-state index is 9.73. The van der Waals surface area contributed by atoms with Crippen molar-refractivity contribution in [2.45, 2.75) is 57.5 Å². The van der Waals surface area contributed by atoms with E-state index in [4.69, 9.17) is 4.74 Å². The molecule has 2 nitrogen and oxygen atoms in total. The second kappa shape index (κ2) is 4.74. The minimum atomic E-state index is 0.393. The maximum Gasteiger partial charge on any atom is 0.115 e. The standard InChI is InChI=1S/C19H26O2/c1-19-10-9-15-14-6-4-13(20)11-12(14)3-5-16(15)17(19)7-8-18(19)21-2/h4,6,11,15-18,20H,3,5,7-10H2,1-2H3. The van der Waals surface area contributed by atoms with E-state index in [9.17, 15) is 5.11 Å². The molecule has 0 bridgehead atoms. The van der Waals surface area contributed by atoms with E-state index in [0.717, 1.165) is 18.3 Å². The van der Waals surface area contributed by atoms with Crippen LogP contribution in [0.4, 0.5) is 0 Å². The summed E-state index contributed by atoms with van der Waals surface area (Å²) < 4.78 is 5.82. The molecule has 1 N–H and O–H groups in total. The van der Waals surface area contributed by atoms with Crippen LogP contribution in [0.3, 0.4) is 0 Å². The molecule has 0 amide bonds. The zero-order valence-corrected chi connectivity index (χ0v) is 13.1. The number of phenolic OH excluding ortho intramolecular Hbond substituents is 1. The summed E-state index contributed by atoms with van der Waals surface area (Å²) in [5.41, 5.74) is 3.30. The largest absolute Gasteiger partial charge is 0.508 e. The van der Waals surface area contributed by atoms with Crippen LogP contribution in [-0.2, 0) is 11.2 Å². The van der Waals surface area contributed by atoms with Gasteiger partial charge in [-0.2, -0.15) is 0 Å². The first kappa shape index (κ1) is 13.6. The van der Waals surface area contributed by atoms with Gasteiger partial charge in [-0.1, -0.05) is 13.0 Å². The molecule has 1 aromatic rings. The predicted molar refractivity (Wildman–Crippen MR) is 83.5 cm³/mol. The molecule has 2 saturated carbocycles. The normalized spacial score (nSPS) is 41.2. The number of fused-ring (bicyclic) bond motifs is 5. The molecule has 0 aromatic heterocycles. The van der Waals surface area contributed by atoms with Gasteiger partial charge in [-0.15, -0.1) is 0 Å². The first-order chi connectivity index (χ1) is 10.1. The zero-order valence-electron chi connectivity index (χ0n) is 13.1. The van der Waals surface area contributed by atoms with Gasteiger partial charge in [0.15, 0.2) is 0 Å². The lowest BCUT2D eigenvalue weighted by Crippen LogP contribution is -2.44. The monoisotopic (exact) mass is 286 g/mol. The van der Waals surface area contributed by atoms with E-state index in [1.54, 1.807) is 0 Å². The van der Waals surface area contributed by atoms with Crippen molar-refractivity contribution in [1.82, 2.24) is 0 Å². The van der Waals surface area contributed by atoms with Gasteiger partial charge in [0.05, 0.1) is 6.10 Å². The Kier molecular flexibility index (Phi) is 3.08. The van der Waals surface area contributed by atoms with Crippen LogP contribution in [0, 0.1) is 17.3 Å². The fourth-order valence-electron chi connectivity index (χ4n) is 5.91. The summed E-state index contributed by atoms with van der Waals surface area (Å²) in [6, 6.07) is 6.06. The van der Waals surface area contributed by atoms with Gasteiger partial charge in [0.1, 0.15) is 5.75 Å². The van der Waals surface area contributed by atoms with Crippen LogP contribution < -0.4 is 0 Å². The van der Waals surface area contributed by atoms with Crippen LogP contribution in [0.5, 0.6) is 5.75 Å². The Balaban J connectivity index is 1.68. The number of ether oxygens (including phenoxy) is 1. The van der Waals surface area contributed by atoms with E-state index in [0.29, 0.717) is 23.2 Å². The maximum atomic E-state index is 9.73. The topological polar surface area (TPSA) is 29.5 Å². The van der Waals surface area contributed by atoms with Crippen molar-refractivity contribution < 1.29 is 9.84 Å². The molecule has 21 heavy (non-hydrogen) atoms. The second-order valence-electron chi connectivity index (χ2n) is 7.64. The number of aryl methyl sites for hydroxylation is 1. The smallest absolute Gasteiger partial charge is 0.115 e. The van der Waals surface area contributed by atoms with Crippen molar-refractivity contribution in [3.8, 4) is 5.75 Å². The van der Waals surface area contributed by atoms with Crippen molar-refractivity contribution in [1.29, 1.82) is 0 Å². The third-order valence-corrected chi connectivity index (χ3v) is 6.91. The summed E-state index contributed by atoms with van der Waals surface area (Å²) in [6.45, 7) is 2.47. The summed E-state index contributed by atoms with van der Waals surface area (Å²) in [7, 11) is 1.89. The summed E-state index contributed by atoms with van der Waals surface area (Å²) in [6.07, 6.45) is 8.04. The molecule has 0 aliphatic heterocycles. The number of benzene rings is 1. The number of phenols is 1. The van der Waals surface area contributed by atoms with Gasteiger partial charge in [0.2, 0.25) is 0 Å². The molecule has 5 atom stereocenters. The van der Waals surface area contributed by atoms with Gasteiger partial charge >= 0.3 is 0 Å². The van der Waals surface area contributed by atoms with Crippen molar-refractivity contribution in [2.75, 3.05) is 7.11 Å². The Labute approximate surface area is 127 Å². The predicted octanol–water partition coefficient (Wildman–Crippen LogP) is 4.26. The second-order valence-corrected chi connectivity index (χ2v) is 7.64. The lowest BCUT2D eigenvalue weighted by Gasteiger charge is -2.50. The summed E-state index contributed by atoms with van der Waals surface area (Å²) >= 11 is 0. The fraction of sp³-hybridized carbons (Fsp3) is 0.684. The minimum absolute atomic E-state index is 0.393. The molecular formula is C19H26O2. The first-order valence-corrected chi connectivity index (χ1v) is 8.48. The van der Waals surface area contributed by atoms with E-state index >= 15 is 0 Å². The quantitative estimate of drug-likeness (QED) is 0.835. The fourth-order valence-corrected chi connectivity index (χ4v) is 5.91. The number of hydrogen-bond donors (Lipinski definition) is 1. The highest BCUT2D eigenvalue weighted by atomic mass is 16.5. The number of aromatic hydroxyl groups is 1. The molecule has 2 heteroatoms. The molecule has 2 fully saturated rings. The number of hydrogen-bond acceptors (Lipinski definition) is 2. The van der Waals surface area contributed by atoms with Crippen LogP contribution in [0.25, 0.3) is 0 Å². The molecule has 0 saturated heterocycles. The zero-order chi connectivity index (χ0) is 14.6. The molecule has 114 valence electrons. The third-order valence-electron chi connectivity index (χ3n) is 6.91. The summed E-state index contributed by atoms with van der Waals surface area (Å²) in [4.78, 5) is 0. The van der Waals surface area contributed by atoms with E-state index in [1.807, 2.05) is 19.2 Å². The van der Waals surface area contributed by atoms with Gasteiger partial charge in [0.25, 0.3) is 0 Å². The van der Waals surface area contributed by atoms with E-state index in [1.165, 1.54) is 43.2 Å². The van der Waals surface area contributed by atoms with Crippen molar-refractivity contribution in [2.24, 2.45) is 17.3 Å². The molecule has 0 spiro atoms. The molecule has 4 rings (SSSR count). The number of methoxy groups -OCH3 is 1.